The molecule has 2 aromatic heterocycles. The van der Waals surface area contributed by atoms with Gasteiger partial charge in [0.1, 0.15) is 41.4 Å². The van der Waals surface area contributed by atoms with Crippen LogP contribution in [0.2, 0.25) is 0 Å². The number of benzene rings is 6. The van der Waals surface area contributed by atoms with E-state index in [1.165, 1.54) is 17.2 Å². The molecule has 64 heavy (non-hydrogen) atoms. The minimum atomic E-state index is -6.33. The van der Waals surface area contributed by atoms with Crippen LogP contribution in [0.4, 0.5) is 19.0 Å². The van der Waals surface area contributed by atoms with Crippen molar-refractivity contribution < 1.29 is 40.0 Å². The second kappa shape index (κ2) is 17.4. The first-order chi connectivity index (χ1) is 31.0. The van der Waals surface area contributed by atoms with Gasteiger partial charge >= 0.3 is 15.6 Å². The van der Waals surface area contributed by atoms with Gasteiger partial charge in [0.25, 0.3) is 0 Å². The number of halogens is 3. The van der Waals surface area contributed by atoms with Crippen molar-refractivity contribution in [3.8, 4) is 0 Å². The minimum absolute atomic E-state index is 0.0251. The summed E-state index contributed by atoms with van der Waals surface area (Å²) in [5, 5.41) is 0. The van der Waals surface area contributed by atoms with Gasteiger partial charge in [-0.1, -0.05) is 182 Å². The SMILES string of the molecule is Nc1ncnc2c1ncn2[C@@H]1O[C@H](COC(c2ccccc2)(c2ccccc2)c2ccccc2)[C@@H](OS(=O)(=O)C(F)(F)F)[C@H]1OC(c1ccccc1)(c1ccccc1)c1ccccc1. The van der Waals surface area contributed by atoms with E-state index in [-0.39, 0.29) is 17.0 Å². The zero-order valence-corrected chi connectivity index (χ0v) is 34.7. The third-order valence-electron chi connectivity index (χ3n) is 11.3. The third-order valence-corrected chi connectivity index (χ3v) is 12.4. The molecule has 0 spiro atoms. The number of nitrogens with two attached hydrogens (primary N) is 1. The molecule has 11 nitrogen and oxygen atoms in total. The van der Waals surface area contributed by atoms with E-state index in [0.29, 0.717) is 33.4 Å². The maximum Gasteiger partial charge on any atom is 0.523 e. The molecule has 3 heterocycles. The van der Waals surface area contributed by atoms with Crippen molar-refractivity contribution in [2.45, 2.75) is 41.3 Å². The van der Waals surface area contributed by atoms with E-state index in [1.807, 2.05) is 146 Å². The van der Waals surface area contributed by atoms with Crippen LogP contribution >= 0.6 is 0 Å². The van der Waals surface area contributed by atoms with Crippen LogP contribution in [0.5, 0.6) is 0 Å². The highest BCUT2D eigenvalue weighted by atomic mass is 32.2. The topological polar surface area (TPSA) is 141 Å². The molecule has 4 atom stereocenters. The van der Waals surface area contributed by atoms with E-state index < -0.39 is 58.0 Å². The average Bonchev–Trinajstić information content (AvgIpc) is 3.91. The molecule has 0 bridgehead atoms. The summed E-state index contributed by atoms with van der Waals surface area (Å²) in [5.74, 6) is 0.0251. The van der Waals surface area contributed by atoms with E-state index >= 15 is 0 Å². The van der Waals surface area contributed by atoms with Gasteiger partial charge in [0.05, 0.1) is 12.9 Å². The van der Waals surface area contributed by atoms with Gasteiger partial charge in [-0.05, 0) is 33.4 Å². The molecule has 1 saturated heterocycles. The zero-order valence-electron chi connectivity index (χ0n) is 33.8. The summed E-state index contributed by atoms with van der Waals surface area (Å²) >= 11 is 0. The molecule has 0 unspecified atom stereocenters. The summed E-state index contributed by atoms with van der Waals surface area (Å²) in [5.41, 5.74) is 1.44. The second-order valence-electron chi connectivity index (χ2n) is 15.1. The van der Waals surface area contributed by atoms with E-state index in [2.05, 4.69) is 15.0 Å². The lowest BCUT2D eigenvalue weighted by Gasteiger charge is -2.40. The number of nitrogens with zero attached hydrogens (tertiary/aromatic N) is 4. The number of ether oxygens (including phenoxy) is 3. The molecule has 1 aliphatic heterocycles. The molecule has 0 saturated carbocycles. The van der Waals surface area contributed by atoms with Gasteiger partial charge in [0, 0.05) is 0 Å². The fourth-order valence-corrected chi connectivity index (χ4v) is 9.10. The zero-order chi connectivity index (χ0) is 44.4. The van der Waals surface area contributed by atoms with Crippen LogP contribution in [0.1, 0.15) is 39.6 Å². The highest BCUT2D eigenvalue weighted by Gasteiger charge is 2.58. The summed E-state index contributed by atoms with van der Waals surface area (Å²) < 4.78 is 99.0. The van der Waals surface area contributed by atoms with Crippen LogP contribution in [0.3, 0.4) is 0 Å². The Kier molecular flexibility index (Phi) is 11.6. The number of hydrogen-bond donors (Lipinski definition) is 1. The van der Waals surface area contributed by atoms with Gasteiger partial charge in [-0.2, -0.15) is 21.6 Å². The predicted octanol–water partition coefficient (Wildman–Crippen LogP) is 8.93. The van der Waals surface area contributed by atoms with Crippen LogP contribution in [-0.4, -0.2) is 58.4 Å². The van der Waals surface area contributed by atoms with Gasteiger partial charge in [0.15, 0.2) is 17.7 Å². The number of alkyl halides is 3. The number of aromatic nitrogens is 4. The Morgan fingerprint density at radius 1 is 0.578 bits per heavy atom. The largest absolute Gasteiger partial charge is 0.523 e. The molecule has 8 aromatic rings. The summed E-state index contributed by atoms with van der Waals surface area (Å²) in [7, 11) is -6.33. The van der Waals surface area contributed by atoms with Crippen molar-refractivity contribution in [1.82, 2.24) is 19.5 Å². The van der Waals surface area contributed by atoms with Gasteiger partial charge in [0.2, 0.25) is 0 Å². The average molecular weight is 884 g/mol. The molecule has 1 fully saturated rings. The molecule has 324 valence electrons. The number of rotatable bonds is 14. The van der Waals surface area contributed by atoms with Gasteiger partial charge in [-0.3, -0.25) is 8.75 Å². The Hall–Kier alpha value is -6.75. The predicted molar refractivity (Wildman–Crippen MR) is 233 cm³/mol. The van der Waals surface area contributed by atoms with Crippen molar-refractivity contribution in [1.29, 1.82) is 0 Å². The lowest BCUT2D eigenvalue weighted by Crippen LogP contribution is -2.48. The number of hydrogen-bond acceptors (Lipinski definition) is 10. The Labute approximate surface area is 367 Å². The first kappa shape index (κ1) is 42.5. The van der Waals surface area contributed by atoms with Gasteiger partial charge < -0.3 is 19.9 Å². The Morgan fingerprint density at radius 3 is 1.39 bits per heavy atom. The van der Waals surface area contributed by atoms with Crippen LogP contribution < -0.4 is 5.73 Å². The van der Waals surface area contributed by atoms with Crippen molar-refractivity contribution in [3.05, 3.63) is 228 Å². The Morgan fingerprint density at radius 2 is 0.984 bits per heavy atom. The maximum atomic E-state index is 14.7. The molecule has 0 amide bonds. The van der Waals surface area contributed by atoms with Crippen molar-refractivity contribution >= 4 is 27.1 Å². The van der Waals surface area contributed by atoms with E-state index in [9.17, 15) is 21.6 Å². The number of imidazole rings is 1. The van der Waals surface area contributed by atoms with Crippen LogP contribution in [0.25, 0.3) is 11.2 Å². The van der Waals surface area contributed by atoms with Crippen LogP contribution in [-0.2, 0) is 39.7 Å². The lowest BCUT2D eigenvalue weighted by atomic mass is 9.79. The van der Waals surface area contributed by atoms with Crippen LogP contribution in [0, 0.1) is 0 Å². The Bertz CT molecular complexity index is 2720. The molecule has 6 aromatic carbocycles. The Balaban J connectivity index is 1.27. The van der Waals surface area contributed by atoms with E-state index in [1.54, 1.807) is 36.4 Å². The van der Waals surface area contributed by atoms with Crippen molar-refractivity contribution in [3.63, 3.8) is 0 Å². The summed E-state index contributed by atoms with van der Waals surface area (Å²) in [6.07, 6.45) is -4.19. The smallest absolute Gasteiger partial charge is 0.382 e. The molecule has 0 radical (unpaired) electrons. The minimum Gasteiger partial charge on any atom is -0.382 e. The third kappa shape index (κ3) is 7.71. The fourth-order valence-electron chi connectivity index (χ4n) is 8.47. The number of nitrogen functional groups attached to an aromatic ring is 1. The van der Waals surface area contributed by atoms with Gasteiger partial charge in [-0.15, -0.1) is 0 Å². The normalized spacial score (nSPS) is 18.3. The number of anilines is 1. The monoisotopic (exact) mass is 883 g/mol. The van der Waals surface area contributed by atoms with E-state index in [0.717, 1.165) is 0 Å². The summed E-state index contributed by atoms with van der Waals surface area (Å²) in [6.45, 7) is -0.522. The molecule has 2 N–H and O–H groups in total. The fraction of sp³-hybridized carbons (Fsp3) is 0.163. The number of fused-ring (bicyclic) bond motifs is 1. The highest BCUT2D eigenvalue weighted by Crippen LogP contribution is 2.49. The first-order valence-electron chi connectivity index (χ1n) is 20.3. The highest BCUT2D eigenvalue weighted by molar-refractivity contribution is 7.87. The molecular weight excluding hydrogens is 844 g/mol. The molecular formula is C49H40F3N5O6S. The van der Waals surface area contributed by atoms with Crippen molar-refractivity contribution in [2.75, 3.05) is 12.3 Å². The van der Waals surface area contributed by atoms with Gasteiger partial charge in [-0.25, -0.2) is 15.0 Å². The molecule has 0 aliphatic carbocycles. The van der Waals surface area contributed by atoms with Crippen LogP contribution in [0.15, 0.2) is 195 Å². The summed E-state index contributed by atoms with van der Waals surface area (Å²) in [4.78, 5) is 12.9. The van der Waals surface area contributed by atoms with E-state index in [4.69, 9.17) is 24.1 Å². The second-order valence-corrected chi connectivity index (χ2v) is 16.6. The lowest BCUT2D eigenvalue weighted by molar-refractivity contribution is -0.122. The summed E-state index contributed by atoms with van der Waals surface area (Å²) in [6, 6.07) is 55.1. The quantitative estimate of drug-likeness (QED) is 0.0640. The maximum absolute atomic E-state index is 14.7. The molecule has 15 heteroatoms. The first-order valence-corrected chi connectivity index (χ1v) is 21.7. The standard InChI is InChI=1S/C49H40F3N5O6S/c50-49(51,52)64(58,59)63-42-40(31-60-47(34-19-7-1-8-20-34,35-21-9-2-10-22-35)36-23-11-3-12-24-36)61-46(57-33-56-41-44(53)54-32-55-45(41)57)43(42)62-48(37-25-13-4-14-26-37,38-27-15-5-16-28-38)39-29-17-6-18-30-39/h1-30,32-33,40,42-43,46H,31H2,(H2,53,54,55)/t40-,42-,43-,46-/m1/s1. The molecule has 1 aliphatic rings. The van der Waals surface area contributed by atoms with Crippen molar-refractivity contribution in [2.24, 2.45) is 0 Å². The molecule has 9 rings (SSSR count).